The topological polar surface area (TPSA) is 86.5 Å². The van der Waals surface area contributed by atoms with Crippen LogP contribution >= 0.6 is 34.5 Å². The predicted octanol–water partition coefficient (Wildman–Crippen LogP) is 6.17. The molecule has 0 unspecified atom stereocenters. The van der Waals surface area contributed by atoms with Gasteiger partial charge in [-0.2, -0.15) is 9.57 Å². The van der Waals surface area contributed by atoms with Crippen molar-refractivity contribution >= 4 is 59.9 Å². The van der Waals surface area contributed by atoms with Gasteiger partial charge in [0.1, 0.15) is 23.1 Å². The molecule has 11 heteroatoms. The second kappa shape index (κ2) is 10.2. The van der Waals surface area contributed by atoms with Gasteiger partial charge in [0.05, 0.1) is 20.1 Å². The van der Waals surface area contributed by atoms with E-state index in [4.69, 9.17) is 32.9 Å². The molecule has 184 valence electrons. The number of sulfonamides is 1. The van der Waals surface area contributed by atoms with E-state index in [1.807, 2.05) is 24.3 Å². The van der Waals surface area contributed by atoms with Crippen LogP contribution in [0.5, 0.6) is 11.5 Å². The normalized spacial score (nSPS) is 15.0. The van der Waals surface area contributed by atoms with Gasteiger partial charge in [-0.3, -0.25) is 0 Å². The number of aromatic nitrogens is 1. The summed E-state index contributed by atoms with van der Waals surface area (Å²) in [4.78, 5) is 7.01. The third-order valence-electron chi connectivity index (χ3n) is 5.84. The number of thiazole rings is 1. The first-order valence-electron chi connectivity index (χ1n) is 11.1. The third-order valence-corrected chi connectivity index (χ3v) is 9.38. The molecule has 1 aliphatic rings. The molecule has 1 aliphatic heterocycles. The van der Waals surface area contributed by atoms with Gasteiger partial charge in [-0.15, -0.1) is 0 Å². The monoisotopic (exact) mass is 558 g/mol. The average molecular weight is 560 g/mol. The summed E-state index contributed by atoms with van der Waals surface area (Å²) in [5.74, 6) is 0.719. The van der Waals surface area contributed by atoms with Crippen molar-refractivity contribution in [2.45, 2.75) is 11.3 Å². The van der Waals surface area contributed by atoms with E-state index in [-0.39, 0.29) is 10.5 Å². The van der Waals surface area contributed by atoms with E-state index in [1.165, 1.54) is 16.4 Å². The second-order valence-corrected chi connectivity index (χ2v) is 11.9. The van der Waals surface area contributed by atoms with E-state index in [0.717, 1.165) is 15.3 Å². The predicted molar refractivity (Wildman–Crippen MR) is 143 cm³/mol. The molecule has 0 amide bonds. The van der Waals surface area contributed by atoms with Gasteiger partial charge in [0.2, 0.25) is 10.0 Å². The number of rotatable bonds is 5. The zero-order chi connectivity index (χ0) is 25.3. The number of ether oxygens (including phenoxy) is 1. The number of hydrogen-bond acceptors (Lipinski definition) is 7. The fraction of sp³-hybridized carbons (Fsp3) is 0.200. The number of anilines is 1. The molecule has 1 aromatic heterocycles. The van der Waals surface area contributed by atoms with Crippen LogP contribution in [0.1, 0.15) is 12.0 Å². The summed E-state index contributed by atoms with van der Waals surface area (Å²) in [5.41, 5.74) is 1.11. The maximum atomic E-state index is 13.4. The first-order chi connectivity index (χ1) is 17.3. The first kappa shape index (κ1) is 24.8. The van der Waals surface area contributed by atoms with E-state index in [1.54, 1.807) is 41.7 Å². The molecule has 0 N–H and O–H groups in total. The van der Waals surface area contributed by atoms with Crippen molar-refractivity contribution in [3.8, 4) is 17.6 Å². The Balaban J connectivity index is 1.29. The van der Waals surface area contributed by atoms with Crippen molar-refractivity contribution in [2.24, 2.45) is 0 Å². The van der Waals surface area contributed by atoms with Crippen LogP contribution in [0.3, 0.4) is 0 Å². The lowest BCUT2D eigenvalue weighted by Crippen LogP contribution is -2.35. The van der Waals surface area contributed by atoms with Gasteiger partial charge in [0, 0.05) is 31.2 Å². The van der Waals surface area contributed by atoms with E-state index >= 15 is 0 Å². The summed E-state index contributed by atoms with van der Waals surface area (Å²) < 4.78 is 35.0. The lowest BCUT2D eigenvalue weighted by molar-refractivity contribution is 0.433. The number of nitrogens with zero attached hydrogens (tertiary/aromatic N) is 4. The fourth-order valence-electron chi connectivity index (χ4n) is 4.00. The van der Waals surface area contributed by atoms with Crippen molar-refractivity contribution in [3.63, 3.8) is 0 Å². The third kappa shape index (κ3) is 5.01. The number of halogens is 2. The van der Waals surface area contributed by atoms with Gasteiger partial charge < -0.3 is 9.64 Å². The van der Waals surface area contributed by atoms with E-state index in [2.05, 4.69) is 4.90 Å². The maximum absolute atomic E-state index is 13.4. The maximum Gasteiger partial charge on any atom is 0.243 e. The quantitative estimate of drug-likeness (QED) is 0.291. The van der Waals surface area contributed by atoms with Gasteiger partial charge in [0.15, 0.2) is 5.13 Å². The van der Waals surface area contributed by atoms with Gasteiger partial charge in [-0.25, -0.2) is 13.4 Å². The molecule has 0 aliphatic carbocycles. The molecule has 36 heavy (non-hydrogen) atoms. The van der Waals surface area contributed by atoms with E-state index < -0.39 is 10.0 Å². The van der Waals surface area contributed by atoms with Crippen LogP contribution in [0.15, 0.2) is 65.6 Å². The molecule has 0 atom stereocenters. The Bertz CT molecular complexity index is 1570. The van der Waals surface area contributed by atoms with Crippen molar-refractivity contribution in [1.82, 2.24) is 9.29 Å². The van der Waals surface area contributed by atoms with Gasteiger partial charge in [-0.05, 0) is 61.0 Å². The van der Waals surface area contributed by atoms with Crippen LogP contribution in [0.4, 0.5) is 5.13 Å². The molecule has 0 bridgehead atoms. The summed E-state index contributed by atoms with van der Waals surface area (Å²) in [7, 11) is -3.69. The lowest BCUT2D eigenvalue weighted by atomic mass is 10.2. The van der Waals surface area contributed by atoms with Crippen molar-refractivity contribution in [1.29, 1.82) is 5.26 Å². The Morgan fingerprint density at radius 3 is 2.58 bits per heavy atom. The molecule has 0 saturated carbocycles. The Kier molecular flexibility index (Phi) is 7.06. The highest BCUT2D eigenvalue weighted by Crippen LogP contribution is 2.33. The van der Waals surface area contributed by atoms with Crippen molar-refractivity contribution < 1.29 is 13.2 Å². The van der Waals surface area contributed by atoms with E-state index in [9.17, 15) is 13.7 Å². The van der Waals surface area contributed by atoms with Crippen LogP contribution < -0.4 is 9.64 Å². The zero-order valence-electron chi connectivity index (χ0n) is 18.9. The molecular weight excluding hydrogens is 539 g/mol. The second-order valence-electron chi connectivity index (χ2n) is 8.15. The largest absolute Gasteiger partial charge is 0.456 e. The van der Waals surface area contributed by atoms with Crippen LogP contribution in [-0.4, -0.2) is 43.9 Å². The Morgan fingerprint density at radius 2 is 1.81 bits per heavy atom. The Labute approximate surface area is 223 Å². The summed E-state index contributed by atoms with van der Waals surface area (Å²) in [5, 5.41) is 11.1. The van der Waals surface area contributed by atoms with Gasteiger partial charge in [-0.1, -0.05) is 40.6 Å². The van der Waals surface area contributed by atoms with Crippen molar-refractivity contribution in [3.05, 3.63) is 76.3 Å². The SMILES string of the molecule is N#Cc1c(Cl)cccc1Oc1ccc(S(=O)(=O)N2CCCN(c3nc4ccc(Cl)cc4s3)CC2)cc1. The molecule has 4 aromatic rings. The number of nitriles is 1. The first-order valence-corrected chi connectivity index (χ1v) is 14.1. The molecule has 0 spiro atoms. The molecule has 3 aromatic carbocycles. The fourth-order valence-corrected chi connectivity index (χ4v) is 6.97. The molecule has 7 nitrogen and oxygen atoms in total. The Morgan fingerprint density at radius 1 is 1.00 bits per heavy atom. The van der Waals surface area contributed by atoms with Crippen molar-refractivity contribution in [2.75, 3.05) is 31.1 Å². The minimum Gasteiger partial charge on any atom is -0.456 e. The highest BCUT2D eigenvalue weighted by Gasteiger charge is 2.28. The van der Waals surface area contributed by atoms with E-state index in [0.29, 0.717) is 54.1 Å². The molecule has 2 heterocycles. The standard InChI is InChI=1S/C25H20Cl2N4O3S2/c26-17-5-10-22-24(15-17)35-25(29-22)30-11-2-12-31(14-13-30)36(32,33)19-8-6-18(7-9-19)34-23-4-1-3-21(27)20(23)16-28/h1,3-10,15H,2,11-14H2. The van der Waals surface area contributed by atoms with Gasteiger partial charge in [0.25, 0.3) is 0 Å². The smallest absolute Gasteiger partial charge is 0.243 e. The Hall–Kier alpha value is -2.87. The number of fused-ring (bicyclic) bond motifs is 1. The molecular formula is C25H20Cl2N4O3S2. The molecule has 0 radical (unpaired) electrons. The highest BCUT2D eigenvalue weighted by molar-refractivity contribution is 7.89. The van der Waals surface area contributed by atoms with Crippen LogP contribution in [0.2, 0.25) is 10.0 Å². The minimum absolute atomic E-state index is 0.185. The highest BCUT2D eigenvalue weighted by atomic mass is 35.5. The summed E-state index contributed by atoms with van der Waals surface area (Å²) >= 11 is 13.7. The minimum atomic E-state index is -3.69. The summed E-state index contributed by atoms with van der Waals surface area (Å²) in [6.45, 7) is 2.03. The summed E-state index contributed by atoms with van der Waals surface area (Å²) in [6, 6.07) is 18.7. The van der Waals surface area contributed by atoms with Crippen LogP contribution in [0.25, 0.3) is 10.2 Å². The summed E-state index contributed by atoms with van der Waals surface area (Å²) in [6.07, 6.45) is 0.683. The van der Waals surface area contributed by atoms with Gasteiger partial charge >= 0.3 is 0 Å². The van der Waals surface area contributed by atoms with Crippen LogP contribution in [0, 0.1) is 11.3 Å². The average Bonchev–Trinajstić information content (AvgIpc) is 3.11. The molecule has 1 saturated heterocycles. The van der Waals surface area contributed by atoms with Crippen LogP contribution in [-0.2, 0) is 10.0 Å². The number of hydrogen-bond donors (Lipinski definition) is 0. The lowest BCUT2D eigenvalue weighted by Gasteiger charge is -2.21. The number of benzene rings is 3. The molecule has 1 fully saturated rings. The molecule has 5 rings (SSSR count). The zero-order valence-corrected chi connectivity index (χ0v) is 22.0.